The molecular weight excluding hydrogens is 260 g/mol. The second-order valence-electron chi connectivity index (χ2n) is 4.96. The highest BCUT2D eigenvalue weighted by Crippen LogP contribution is 2.12. The molecule has 1 unspecified atom stereocenters. The first kappa shape index (κ1) is 14.7. The molecule has 0 bridgehead atoms. The normalized spacial score (nSPS) is 12.6. The van der Waals surface area contributed by atoms with Crippen LogP contribution in [0.1, 0.15) is 18.1 Å². The second-order valence-corrected chi connectivity index (χ2v) is 4.96. The third-order valence-electron chi connectivity index (χ3n) is 3.14. The van der Waals surface area contributed by atoms with Crippen molar-refractivity contribution in [1.82, 2.24) is 15.1 Å². The Bertz CT molecular complexity index is 546. The molecule has 0 amide bonds. The fourth-order valence-corrected chi connectivity index (χ4v) is 2.38. The summed E-state index contributed by atoms with van der Waals surface area (Å²) in [4.78, 5) is 0. The summed E-state index contributed by atoms with van der Waals surface area (Å²) in [7, 11) is 1.87. The van der Waals surface area contributed by atoms with Crippen LogP contribution in [0.4, 0.5) is 8.78 Å². The van der Waals surface area contributed by atoms with Gasteiger partial charge in [-0.3, -0.25) is 4.68 Å². The number of aromatic nitrogens is 2. The van der Waals surface area contributed by atoms with E-state index in [4.69, 9.17) is 0 Å². The SMILES string of the molecule is CCNC(Cc1cc(F)cc(F)c1)Cc1cnn(C)c1. The van der Waals surface area contributed by atoms with E-state index in [1.165, 1.54) is 12.1 Å². The summed E-state index contributed by atoms with van der Waals surface area (Å²) in [6.45, 7) is 2.82. The van der Waals surface area contributed by atoms with E-state index in [9.17, 15) is 8.78 Å². The maximum absolute atomic E-state index is 13.2. The van der Waals surface area contributed by atoms with Crippen molar-refractivity contribution >= 4 is 0 Å². The number of hydrogen-bond acceptors (Lipinski definition) is 2. The van der Waals surface area contributed by atoms with Crippen molar-refractivity contribution in [2.24, 2.45) is 7.05 Å². The van der Waals surface area contributed by atoms with E-state index in [1.54, 1.807) is 4.68 Å². The summed E-state index contributed by atoms with van der Waals surface area (Å²) in [5, 5.41) is 7.48. The molecule has 0 fully saturated rings. The average molecular weight is 279 g/mol. The van der Waals surface area contributed by atoms with E-state index >= 15 is 0 Å². The lowest BCUT2D eigenvalue weighted by atomic mass is 10.0. The Labute approximate surface area is 117 Å². The zero-order valence-corrected chi connectivity index (χ0v) is 11.7. The highest BCUT2D eigenvalue weighted by Gasteiger charge is 2.12. The number of nitrogens with zero attached hydrogens (tertiary/aromatic N) is 2. The molecule has 0 radical (unpaired) electrons. The zero-order chi connectivity index (χ0) is 14.5. The largest absolute Gasteiger partial charge is 0.314 e. The second kappa shape index (κ2) is 6.61. The van der Waals surface area contributed by atoms with Gasteiger partial charge in [0.15, 0.2) is 0 Å². The minimum atomic E-state index is -0.531. The number of rotatable bonds is 6. The molecule has 1 aromatic carbocycles. The maximum atomic E-state index is 13.2. The van der Waals surface area contributed by atoms with Crippen LogP contribution in [0, 0.1) is 11.6 Å². The number of aryl methyl sites for hydroxylation is 1. The first-order valence-corrected chi connectivity index (χ1v) is 6.72. The van der Waals surface area contributed by atoms with E-state index in [1.807, 2.05) is 26.4 Å². The van der Waals surface area contributed by atoms with Crippen LogP contribution in [0.5, 0.6) is 0 Å². The van der Waals surface area contributed by atoms with Crippen molar-refractivity contribution in [1.29, 1.82) is 0 Å². The third kappa shape index (κ3) is 4.13. The Balaban J connectivity index is 2.08. The number of benzene rings is 1. The van der Waals surface area contributed by atoms with Gasteiger partial charge in [-0.2, -0.15) is 5.10 Å². The molecular formula is C15H19F2N3. The Kier molecular flexibility index (Phi) is 4.84. The fraction of sp³-hybridized carbons (Fsp3) is 0.400. The van der Waals surface area contributed by atoms with Crippen molar-refractivity contribution in [2.75, 3.05) is 6.54 Å². The smallest absolute Gasteiger partial charge is 0.126 e. The van der Waals surface area contributed by atoms with Gasteiger partial charge in [-0.15, -0.1) is 0 Å². The summed E-state index contributed by atoms with van der Waals surface area (Å²) in [5.41, 5.74) is 1.77. The lowest BCUT2D eigenvalue weighted by molar-refractivity contribution is 0.515. The summed E-state index contributed by atoms with van der Waals surface area (Å²) in [5.74, 6) is -1.06. The molecule has 1 atom stereocenters. The van der Waals surface area contributed by atoms with Crippen LogP contribution in [-0.4, -0.2) is 22.4 Å². The van der Waals surface area contributed by atoms with Crippen molar-refractivity contribution in [3.05, 3.63) is 53.4 Å². The lowest BCUT2D eigenvalue weighted by Crippen LogP contribution is -2.33. The standard InChI is InChI=1S/C15H19F2N3/c1-3-18-15(7-12-9-19-20(2)10-12)6-11-4-13(16)8-14(17)5-11/h4-5,8-10,15,18H,3,6-7H2,1-2H3. The Hall–Kier alpha value is -1.75. The van der Waals surface area contributed by atoms with Crippen LogP contribution in [0.15, 0.2) is 30.6 Å². The predicted molar refractivity (Wildman–Crippen MR) is 74.4 cm³/mol. The molecule has 108 valence electrons. The van der Waals surface area contributed by atoms with Gasteiger partial charge < -0.3 is 5.32 Å². The Morgan fingerprint density at radius 3 is 2.35 bits per heavy atom. The quantitative estimate of drug-likeness (QED) is 0.880. The number of likely N-dealkylation sites (N-methyl/N-ethyl adjacent to an activating group) is 1. The topological polar surface area (TPSA) is 29.9 Å². The number of halogens is 2. The van der Waals surface area contributed by atoms with Gasteiger partial charge in [0.2, 0.25) is 0 Å². The van der Waals surface area contributed by atoms with Crippen molar-refractivity contribution in [3.8, 4) is 0 Å². The summed E-state index contributed by atoms with van der Waals surface area (Å²) < 4.78 is 28.2. The van der Waals surface area contributed by atoms with Crippen LogP contribution in [0.25, 0.3) is 0 Å². The van der Waals surface area contributed by atoms with E-state index in [2.05, 4.69) is 10.4 Å². The van der Waals surface area contributed by atoms with Gasteiger partial charge in [0.05, 0.1) is 6.20 Å². The summed E-state index contributed by atoms with van der Waals surface area (Å²) in [6.07, 6.45) is 5.13. The average Bonchev–Trinajstić information content (AvgIpc) is 2.73. The Morgan fingerprint density at radius 2 is 1.80 bits per heavy atom. The van der Waals surface area contributed by atoms with E-state index in [-0.39, 0.29) is 6.04 Å². The molecule has 1 N–H and O–H groups in total. The van der Waals surface area contributed by atoms with E-state index < -0.39 is 11.6 Å². The van der Waals surface area contributed by atoms with Crippen LogP contribution >= 0.6 is 0 Å². The first-order chi connectivity index (χ1) is 9.56. The number of hydrogen-bond donors (Lipinski definition) is 1. The van der Waals surface area contributed by atoms with Crippen LogP contribution in [0.2, 0.25) is 0 Å². The minimum absolute atomic E-state index is 0.130. The van der Waals surface area contributed by atoms with Gasteiger partial charge in [-0.1, -0.05) is 6.92 Å². The highest BCUT2D eigenvalue weighted by atomic mass is 19.1. The molecule has 0 saturated heterocycles. The molecule has 1 heterocycles. The van der Waals surface area contributed by atoms with Gasteiger partial charge in [0, 0.05) is 25.4 Å². The van der Waals surface area contributed by atoms with Gasteiger partial charge in [-0.05, 0) is 42.6 Å². The Morgan fingerprint density at radius 1 is 1.15 bits per heavy atom. The highest BCUT2D eigenvalue weighted by molar-refractivity contribution is 5.20. The molecule has 0 spiro atoms. The molecule has 5 heteroatoms. The fourth-order valence-electron chi connectivity index (χ4n) is 2.38. The number of nitrogens with one attached hydrogen (secondary N) is 1. The predicted octanol–water partition coefficient (Wildman–Crippen LogP) is 2.46. The van der Waals surface area contributed by atoms with Crippen LogP contribution < -0.4 is 5.32 Å². The maximum Gasteiger partial charge on any atom is 0.126 e. The molecule has 2 rings (SSSR count). The van der Waals surface area contributed by atoms with Gasteiger partial charge in [-0.25, -0.2) is 8.78 Å². The molecule has 20 heavy (non-hydrogen) atoms. The monoisotopic (exact) mass is 279 g/mol. The van der Waals surface area contributed by atoms with E-state index in [0.717, 1.165) is 24.6 Å². The van der Waals surface area contributed by atoms with Crippen LogP contribution in [-0.2, 0) is 19.9 Å². The van der Waals surface area contributed by atoms with Crippen molar-refractivity contribution in [2.45, 2.75) is 25.8 Å². The van der Waals surface area contributed by atoms with Gasteiger partial charge >= 0.3 is 0 Å². The summed E-state index contributed by atoms with van der Waals surface area (Å²) >= 11 is 0. The molecule has 0 saturated carbocycles. The zero-order valence-electron chi connectivity index (χ0n) is 11.7. The molecule has 1 aromatic heterocycles. The van der Waals surface area contributed by atoms with Gasteiger partial charge in [0.1, 0.15) is 11.6 Å². The van der Waals surface area contributed by atoms with E-state index in [0.29, 0.717) is 12.0 Å². The molecule has 0 aliphatic rings. The minimum Gasteiger partial charge on any atom is -0.314 e. The van der Waals surface area contributed by atoms with Crippen molar-refractivity contribution < 1.29 is 8.78 Å². The van der Waals surface area contributed by atoms with Crippen LogP contribution in [0.3, 0.4) is 0 Å². The van der Waals surface area contributed by atoms with Crippen molar-refractivity contribution in [3.63, 3.8) is 0 Å². The lowest BCUT2D eigenvalue weighted by Gasteiger charge is -2.17. The molecule has 3 nitrogen and oxygen atoms in total. The van der Waals surface area contributed by atoms with Gasteiger partial charge in [0.25, 0.3) is 0 Å². The molecule has 0 aliphatic carbocycles. The third-order valence-corrected chi connectivity index (χ3v) is 3.14. The summed E-state index contributed by atoms with van der Waals surface area (Å²) in [6, 6.07) is 3.80. The molecule has 0 aliphatic heterocycles. The molecule has 2 aromatic rings. The first-order valence-electron chi connectivity index (χ1n) is 6.72.